The zero-order valence-corrected chi connectivity index (χ0v) is 23.1. The van der Waals surface area contributed by atoms with Gasteiger partial charge >= 0.3 is 11.3 Å². The molecule has 2 fully saturated rings. The van der Waals surface area contributed by atoms with Gasteiger partial charge in [0.15, 0.2) is 0 Å². The molecule has 2 aliphatic heterocycles. The number of benzene rings is 1. The Morgan fingerprint density at radius 3 is 2.46 bits per heavy atom. The molecule has 4 amide bonds. The van der Waals surface area contributed by atoms with Crippen molar-refractivity contribution in [3.8, 4) is 6.07 Å². The summed E-state index contributed by atoms with van der Waals surface area (Å²) >= 11 is 4.88. The third kappa shape index (κ3) is 5.31. The van der Waals surface area contributed by atoms with Gasteiger partial charge in [0.1, 0.15) is 18.1 Å². The average Bonchev–Trinajstić information content (AvgIpc) is 3.15. The summed E-state index contributed by atoms with van der Waals surface area (Å²) in [7, 11) is 0. The van der Waals surface area contributed by atoms with Crippen molar-refractivity contribution in [2.24, 2.45) is 22.7 Å². The van der Waals surface area contributed by atoms with Crippen molar-refractivity contribution in [1.82, 2.24) is 15.5 Å². The monoisotopic (exact) mass is 563 g/mol. The van der Waals surface area contributed by atoms with E-state index in [1.807, 2.05) is 19.9 Å². The molecule has 1 saturated carbocycles. The first-order valence-corrected chi connectivity index (χ1v) is 13.1. The lowest BCUT2D eigenvalue weighted by atomic mass is 9.85. The van der Waals surface area contributed by atoms with Crippen LogP contribution < -0.4 is 16.0 Å². The Hall–Kier alpha value is -3.26. The maximum atomic E-state index is 13.7. The first kappa shape index (κ1) is 28.7. The molecule has 1 aromatic rings. The Morgan fingerprint density at radius 1 is 1.23 bits per heavy atom. The van der Waals surface area contributed by atoms with Crippen molar-refractivity contribution in [3.63, 3.8) is 0 Å². The highest BCUT2D eigenvalue weighted by Gasteiger charge is 2.70. The Balaban J connectivity index is 1.54. The average molecular weight is 564 g/mol. The summed E-state index contributed by atoms with van der Waals surface area (Å²) in [5.74, 6) is -4.19. The van der Waals surface area contributed by atoms with E-state index in [0.29, 0.717) is 5.69 Å². The molecule has 1 unspecified atom stereocenters. The van der Waals surface area contributed by atoms with E-state index in [1.165, 1.54) is 4.90 Å². The van der Waals surface area contributed by atoms with Crippen molar-refractivity contribution in [2.75, 3.05) is 11.9 Å². The van der Waals surface area contributed by atoms with Crippen molar-refractivity contribution in [2.45, 2.75) is 70.5 Å². The van der Waals surface area contributed by atoms with Crippen LogP contribution in [0.5, 0.6) is 0 Å². The highest BCUT2D eigenvalue weighted by atomic mass is 35.5. The van der Waals surface area contributed by atoms with Crippen LogP contribution in [0.4, 0.5) is 14.5 Å². The van der Waals surface area contributed by atoms with E-state index in [0.717, 1.165) is 5.56 Å². The fourth-order valence-electron chi connectivity index (χ4n) is 5.99. The van der Waals surface area contributed by atoms with Crippen LogP contribution in [0.2, 0.25) is 0 Å². The molecule has 3 aliphatic rings. The molecule has 4 rings (SSSR count). The lowest BCUT2D eigenvalue weighted by Crippen LogP contribution is -2.61. The lowest BCUT2D eigenvalue weighted by Gasteiger charge is -2.38. The number of nitriles is 1. The first-order chi connectivity index (χ1) is 18.0. The summed E-state index contributed by atoms with van der Waals surface area (Å²) in [6.45, 7) is 8.97. The van der Waals surface area contributed by atoms with Gasteiger partial charge in [0.25, 0.3) is 0 Å². The van der Waals surface area contributed by atoms with Crippen molar-refractivity contribution in [3.05, 3.63) is 29.8 Å². The Labute approximate surface area is 230 Å². The number of hydrogen-bond donors (Lipinski definition) is 3. The Kier molecular flexibility index (Phi) is 7.17. The van der Waals surface area contributed by atoms with E-state index in [4.69, 9.17) is 11.6 Å². The van der Waals surface area contributed by atoms with Crippen LogP contribution in [0, 0.1) is 34.0 Å². The second kappa shape index (κ2) is 9.73. The molecule has 0 aromatic heterocycles. The molecule has 6 atom stereocenters. The number of anilines is 1. The van der Waals surface area contributed by atoms with Gasteiger partial charge in [0.2, 0.25) is 17.7 Å². The predicted molar refractivity (Wildman–Crippen MR) is 138 cm³/mol. The quantitative estimate of drug-likeness (QED) is 0.439. The molecule has 12 heteroatoms. The zero-order valence-electron chi connectivity index (χ0n) is 22.3. The summed E-state index contributed by atoms with van der Waals surface area (Å²) in [5, 5.41) is 13.2. The fourth-order valence-corrected chi connectivity index (χ4v) is 6.04. The molecular formula is C27H32ClF2N5O4. The second-order valence-electron chi connectivity index (χ2n) is 12.2. The number of para-hydroxylation sites is 1. The highest BCUT2D eigenvalue weighted by Crippen LogP contribution is 2.65. The third-order valence-electron chi connectivity index (χ3n) is 8.26. The summed E-state index contributed by atoms with van der Waals surface area (Å²) in [4.78, 5) is 53.2. The number of rotatable bonds is 7. The molecule has 1 aromatic carbocycles. The van der Waals surface area contributed by atoms with Gasteiger partial charge in [-0.1, -0.05) is 52.8 Å². The van der Waals surface area contributed by atoms with E-state index >= 15 is 0 Å². The van der Waals surface area contributed by atoms with Crippen LogP contribution in [0.15, 0.2) is 24.3 Å². The summed E-state index contributed by atoms with van der Waals surface area (Å²) in [5.41, 5.74) is 0.159. The molecule has 1 saturated heterocycles. The molecule has 210 valence electrons. The van der Waals surface area contributed by atoms with Crippen LogP contribution in [0.3, 0.4) is 0 Å². The number of hydrogen-bond acceptors (Lipinski definition) is 5. The standard InChI is InChI=1S/C27H32ClF2N5O4/c1-25(2,3)20(34-24(39)27(28,29)30)23(38)35-12-16-18(26(16,4)5)19(35)22(37)32-13(11-31)10-15-14-8-6-7-9-17(14)33-21(15)36/h6-9,13,15-16,18-20H,10,12H2,1-5H3,(H,32,37)(H,33,36)(H,34,39)/t13-,15?,16-,18-,19-,20+/m0/s1. The minimum atomic E-state index is -4.21. The van der Waals surface area contributed by atoms with Crippen LogP contribution in [0.1, 0.15) is 52.5 Å². The van der Waals surface area contributed by atoms with Gasteiger partial charge < -0.3 is 20.9 Å². The number of carbonyl (C=O) groups is 4. The van der Waals surface area contributed by atoms with Gasteiger partial charge in [-0.25, -0.2) is 0 Å². The van der Waals surface area contributed by atoms with Gasteiger partial charge in [-0.3, -0.25) is 19.2 Å². The Bertz CT molecular complexity index is 1250. The largest absolute Gasteiger partial charge is 0.399 e. The summed E-state index contributed by atoms with van der Waals surface area (Å²) < 4.78 is 26.9. The number of fused-ring (bicyclic) bond motifs is 2. The molecule has 39 heavy (non-hydrogen) atoms. The van der Waals surface area contributed by atoms with Crippen LogP contribution >= 0.6 is 11.6 Å². The second-order valence-corrected chi connectivity index (χ2v) is 12.7. The highest BCUT2D eigenvalue weighted by molar-refractivity contribution is 6.32. The van der Waals surface area contributed by atoms with Gasteiger partial charge in [-0.05, 0) is 52.3 Å². The number of alkyl halides is 3. The summed E-state index contributed by atoms with van der Waals surface area (Å²) in [6.07, 6.45) is 0.0364. The number of carbonyl (C=O) groups excluding carboxylic acids is 4. The SMILES string of the molecule is CC(C)(C)[C@H](NC(=O)C(F)(F)Cl)C(=O)N1C[C@H]2[C@@H]([C@H]1C(=O)N[C@H](C#N)CC1C(=O)Nc3ccccc31)C2(C)C. The minimum absolute atomic E-state index is 0.0176. The number of nitrogens with zero attached hydrogens (tertiary/aromatic N) is 2. The summed E-state index contributed by atoms with van der Waals surface area (Å²) in [6, 6.07) is 5.78. The number of nitrogens with one attached hydrogen (secondary N) is 3. The van der Waals surface area contributed by atoms with Gasteiger partial charge in [-0.15, -0.1) is 0 Å². The van der Waals surface area contributed by atoms with Crippen molar-refractivity contribution >= 4 is 40.9 Å². The molecular weight excluding hydrogens is 532 g/mol. The van der Waals surface area contributed by atoms with Gasteiger partial charge in [0.05, 0.1) is 12.0 Å². The fraction of sp³-hybridized carbons (Fsp3) is 0.593. The smallest absolute Gasteiger partial charge is 0.339 e. The van der Waals surface area contributed by atoms with Gasteiger partial charge in [0, 0.05) is 12.2 Å². The van der Waals surface area contributed by atoms with Crippen LogP contribution in [-0.4, -0.2) is 58.6 Å². The maximum Gasteiger partial charge on any atom is 0.399 e. The van der Waals surface area contributed by atoms with Crippen LogP contribution in [-0.2, 0) is 19.2 Å². The number of halogens is 3. The zero-order chi connectivity index (χ0) is 29.1. The number of amides is 4. The van der Waals surface area contributed by atoms with Crippen molar-refractivity contribution in [1.29, 1.82) is 5.26 Å². The Morgan fingerprint density at radius 2 is 1.87 bits per heavy atom. The molecule has 0 spiro atoms. The number of piperidine rings is 1. The minimum Gasteiger partial charge on any atom is -0.339 e. The predicted octanol–water partition coefficient (Wildman–Crippen LogP) is 2.97. The van der Waals surface area contributed by atoms with E-state index in [1.54, 1.807) is 45.0 Å². The van der Waals surface area contributed by atoms with E-state index < -0.39 is 52.6 Å². The van der Waals surface area contributed by atoms with Gasteiger partial charge in [-0.2, -0.15) is 14.0 Å². The van der Waals surface area contributed by atoms with E-state index in [2.05, 4.69) is 16.0 Å². The molecule has 0 bridgehead atoms. The van der Waals surface area contributed by atoms with Crippen molar-refractivity contribution < 1.29 is 28.0 Å². The normalized spacial score (nSPS) is 26.4. The van der Waals surface area contributed by atoms with E-state index in [9.17, 15) is 33.2 Å². The molecule has 9 nitrogen and oxygen atoms in total. The van der Waals surface area contributed by atoms with Crippen LogP contribution in [0.25, 0.3) is 0 Å². The molecule has 3 N–H and O–H groups in total. The molecule has 1 aliphatic carbocycles. The third-order valence-corrected chi connectivity index (χ3v) is 8.43. The maximum absolute atomic E-state index is 13.7. The topological polar surface area (TPSA) is 131 Å². The molecule has 0 radical (unpaired) electrons. The lowest BCUT2D eigenvalue weighted by molar-refractivity contribution is -0.148. The number of likely N-dealkylation sites (tertiary alicyclic amines) is 1. The molecule has 2 heterocycles. The van der Waals surface area contributed by atoms with E-state index in [-0.39, 0.29) is 36.1 Å². The first-order valence-electron chi connectivity index (χ1n) is 12.8.